The van der Waals surface area contributed by atoms with Gasteiger partial charge in [0.1, 0.15) is 0 Å². The summed E-state index contributed by atoms with van der Waals surface area (Å²) in [5, 5.41) is 2.97. The summed E-state index contributed by atoms with van der Waals surface area (Å²) in [5.74, 6) is -0.0146. The highest BCUT2D eigenvalue weighted by Crippen LogP contribution is 2.15. The minimum absolute atomic E-state index is 0.0146. The number of nitrogens with one attached hydrogen (secondary N) is 1. The minimum Gasteiger partial charge on any atom is -0.325 e. The highest BCUT2D eigenvalue weighted by atomic mass is 79.9. The Hall–Kier alpha value is -2.43. The summed E-state index contributed by atoms with van der Waals surface area (Å²) in [6.45, 7) is 1.78. The smallest absolute Gasteiger partial charge is 0.238 e. The van der Waals surface area contributed by atoms with E-state index in [1.165, 1.54) is 11.1 Å². The van der Waals surface area contributed by atoms with Gasteiger partial charge in [0.2, 0.25) is 5.91 Å². The molecule has 0 saturated heterocycles. The summed E-state index contributed by atoms with van der Waals surface area (Å²) >= 11 is 3.41. The molecule has 132 valence electrons. The minimum atomic E-state index is -0.0146. The Kier molecular flexibility index (Phi) is 6.58. The van der Waals surface area contributed by atoms with Crippen LogP contribution in [0.3, 0.4) is 0 Å². The Morgan fingerprint density at radius 1 is 0.769 bits per heavy atom. The van der Waals surface area contributed by atoms with Gasteiger partial charge in [0.05, 0.1) is 6.54 Å². The van der Waals surface area contributed by atoms with E-state index in [1.54, 1.807) is 0 Å². The molecule has 3 aromatic rings. The van der Waals surface area contributed by atoms with Crippen molar-refractivity contribution in [1.29, 1.82) is 0 Å². The van der Waals surface area contributed by atoms with E-state index in [9.17, 15) is 4.79 Å². The molecule has 1 amide bonds. The van der Waals surface area contributed by atoms with Crippen LogP contribution < -0.4 is 5.32 Å². The van der Waals surface area contributed by atoms with E-state index >= 15 is 0 Å². The van der Waals surface area contributed by atoms with Crippen molar-refractivity contribution in [2.24, 2.45) is 0 Å². The number of carbonyl (C=O) groups excluding carboxylic acids is 1. The van der Waals surface area contributed by atoms with Gasteiger partial charge in [0.15, 0.2) is 0 Å². The second-order valence-corrected chi connectivity index (χ2v) is 7.09. The predicted octanol–water partition coefficient (Wildman–Crippen LogP) is 5.09. The van der Waals surface area contributed by atoms with Gasteiger partial charge in [-0.25, -0.2) is 0 Å². The number of anilines is 1. The fourth-order valence-electron chi connectivity index (χ4n) is 2.79. The van der Waals surface area contributed by atoms with Crippen molar-refractivity contribution in [1.82, 2.24) is 4.90 Å². The molecule has 3 aromatic carbocycles. The molecular weight excluding hydrogens is 388 g/mol. The van der Waals surface area contributed by atoms with Crippen LogP contribution in [0.4, 0.5) is 5.69 Å². The van der Waals surface area contributed by atoms with Gasteiger partial charge >= 0.3 is 0 Å². The number of benzene rings is 3. The van der Waals surface area contributed by atoms with Gasteiger partial charge in [0, 0.05) is 23.2 Å². The van der Waals surface area contributed by atoms with Crippen molar-refractivity contribution >= 4 is 27.5 Å². The van der Waals surface area contributed by atoms with Crippen LogP contribution in [0.2, 0.25) is 0 Å². The molecule has 4 heteroatoms. The molecule has 0 radical (unpaired) electrons. The Bertz CT molecular complexity index is 778. The van der Waals surface area contributed by atoms with Crippen molar-refractivity contribution in [3.8, 4) is 0 Å². The van der Waals surface area contributed by atoms with E-state index in [4.69, 9.17) is 0 Å². The lowest BCUT2D eigenvalue weighted by Gasteiger charge is -2.22. The third-order valence-corrected chi connectivity index (χ3v) is 4.52. The highest BCUT2D eigenvalue weighted by Gasteiger charge is 2.12. The molecular formula is C22H21BrN2O. The van der Waals surface area contributed by atoms with Crippen LogP contribution >= 0.6 is 15.9 Å². The monoisotopic (exact) mass is 408 g/mol. The molecule has 0 heterocycles. The summed E-state index contributed by atoms with van der Waals surface area (Å²) in [6.07, 6.45) is 0. The average molecular weight is 409 g/mol. The fourth-order valence-corrected chi connectivity index (χ4v) is 3.05. The zero-order chi connectivity index (χ0) is 18.2. The molecule has 0 aliphatic carbocycles. The van der Waals surface area contributed by atoms with Crippen molar-refractivity contribution in [2.75, 3.05) is 11.9 Å². The van der Waals surface area contributed by atoms with Crippen LogP contribution in [0.5, 0.6) is 0 Å². The van der Waals surface area contributed by atoms with Gasteiger partial charge < -0.3 is 5.32 Å². The number of rotatable bonds is 7. The van der Waals surface area contributed by atoms with Crippen molar-refractivity contribution in [3.63, 3.8) is 0 Å². The molecule has 0 bridgehead atoms. The van der Waals surface area contributed by atoms with E-state index in [2.05, 4.69) is 50.4 Å². The molecule has 0 aliphatic rings. The predicted molar refractivity (Wildman–Crippen MR) is 110 cm³/mol. The van der Waals surface area contributed by atoms with E-state index in [1.807, 2.05) is 60.7 Å². The van der Waals surface area contributed by atoms with Crippen molar-refractivity contribution in [3.05, 3.63) is 101 Å². The summed E-state index contributed by atoms with van der Waals surface area (Å²) in [4.78, 5) is 14.7. The van der Waals surface area contributed by atoms with Crippen molar-refractivity contribution < 1.29 is 4.79 Å². The number of amides is 1. The Morgan fingerprint density at radius 3 is 1.77 bits per heavy atom. The maximum Gasteiger partial charge on any atom is 0.238 e. The zero-order valence-electron chi connectivity index (χ0n) is 14.4. The molecule has 0 aromatic heterocycles. The topological polar surface area (TPSA) is 32.3 Å². The summed E-state index contributed by atoms with van der Waals surface area (Å²) in [6, 6.07) is 28.1. The molecule has 0 aliphatic heterocycles. The third kappa shape index (κ3) is 5.83. The molecule has 0 fully saturated rings. The summed E-state index contributed by atoms with van der Waals surface area (Å²) in [5.41, 5.74) is 3.19. The van der Waals surface area contributed by atoms with Gasteiger partial charge in [-0.05, 0) is 35.4 Å². The van der Waals surface area contributed by atoms with Crippen LogP contribution in [-0.4, -0.2) is 17.4 Å². The lowest BCUT2D eigenvalue weighted by Crippen LogP contribution is -2.32. The Labute approximate surface area is 162 Å². The number of halogens is 1. The molecule has 3 rings (SSSR count). The number of hydrogen-bond acceptors (Lipinski definition) is 2. The molecule has 26 heavy (non-hydrogen) atoms. The molecule has 0 saturated carbocycles. The molecule has 0 spiro atoms. The van der Waals surface area contributed by atoms with Crippen LogP contribution in [-0.2, 0) is 17.9 Å². The van der Waals surface area contributed by atoms with Crippen LogP contribution in [0, 0.1) is 0 Å². The molecule has 0 atom stereocenters. The second kappa shape index (κ2) is 9.32. The number of nitrogens with zero attached hydrogens (tertiary/aromatic N) is 1. The number of hydrogen-bond donors (Lipinski definition) is 1. The van der Waals surface area contributed by atoms with Crippen LogP contribution in [0.15, 0.2) is 89.4 Å². The van der Waals surface area contributed by atoms with Crippen LogP contribution in [0.1, 0.15) is 11.1 Å². The van der Waals surface area contributed by atoms with Crippen LogP contribution in [0.25, 0.3) is 0 Å². The van der Waals surface area contributed by atoms with Crippen molar-refractivity contribution in [2.45, 2.75) is 13.1 Å². The Balaban J connectivity index is 1.67. The maximum atomic E-state index is 12.5. The SMILES string of the molecule is O=C(CN(Cc1ccccc1)Cc1ccccc1)Nc1ccc(Br)cc1. The summed E-state index contributed by atoms with van der Waals surface area (Å²) < 4.78 is 0.991. The van der Waals surface area contributed by atoms with Gasteiger partial charge in [-0.3, -0.25) is 9.69 Å². The van der Waals surface area contributed by atoms with E-state index < -0.39 is 0 Å². The first-order valence-electron chi connectivity index (χ1n) is 8.55. The van der Waals surface area contributed by atoms with Gasteiger partial charge in [-0.2, -0.15) is 0 Å². The van der Waals surface area contributed by atoms with Gasteiger partial charge in [0.25, 0.3) is 0 Å². The highest BCUT2D eigenvalue weighted by molar-refractivity contribution is 9.10. The lowest BCUT2D eigenvalue weighted by atomic mass is 10.1. The molecule has 0 unspecified atom stereocenters. The lowest BCUT2D eigenvalue weighted by molar-refractivity contribution is -0.117. The second-order valence-electron chi connectivity index (χ2n) is 6.17. The quantitative estimate of drug-likeness (QED) is 0.590. The summed E-state index contributed by atoms with van der Waals surface area (Å²) in [7, 11) is 0. The Morgan fingerprint density at radius 2 is 1.27 bits per heavy atom. The first-order chi connectivity index (χ1) is 12.7. The average Bonchev–Trinajstić information content (AvgIpc) is 2.65. The zero-order valence-corrected chi connectivity index (χ0v) is 16.0. The fraction of sp³-hybridized carbons (Fsp3) is 0.136. The van der Waals surface area contributed by atoms with E-state index in [-0.39, 0.29) is 5.91 Å². The maximum absolute atomic E-state index is 12.5. The molecule has 3 nitrogen and oxygen atoms in total. The normalized spacial score (nSPS) is 10.7. The third-order valence-electron chi connectivity index (χ3n) is 3.99. The van der Waals surface area contributed by atoms with E-state index in [0.717, 1.165) is 23.2 Å². The standard InChI is InChI=1S/C22H21BrN2O/c23-20-11-13-21(14-12-20)24-22(26)17-25(15-18-7-3-1-4-8-18)16-19-9-5-2-6-10-19/h1-14H,15-17H2,(H,24,26). The van der Waals surface area contributed by atoms with Gasteiger partial charge in [-0.15, -0.1) is 0 Å². The molecule has 1 N–H and O–H groups in total. The van der Waals surface area contributed by atoms with E-state index in [0.29, 0.717) is 6.54 Å². The first-order valence-corrected chi connectivity index (χ1v) is 9.34. The first kappa shape index (κ1) is 18.4. The van der Waals surface area contributed by atoms with Gasteiger partial charge in [-0.1, -0.05) is 76.6 Å². The number of carbonyl (C=O) groups is 1. The largest absolute Gasteiger partial charge is 0.325 e.